The summed E-state index contributed by atoms with van der Waals surface area (Å²) in [6, 6.07) is 16.1. The topological polar surface area (TPSA) is 75.4 Å². The molecule has 0 heterocycles. The largest absolute Gasteiger partial charge is 0.399 e. The minimum Gasteiger partial charge on any atom is -0.399 e. The molecule has 130 valence electrons. The van der Waals surface area contributed by atoms with E-state index >= 15 is 0 Å². The first-order valence-corrected chi connectivity index (χ1v) is 9.35. The van der Waals surface area contributed by atoms with Gasteiger partial charge in [-0.1, -0.05) is 12.1 Å². The molecule has 0 spiro atoms. The van der Waals surface area contributed by atoms with Gasteiger partial charge in [0.25, 0.3) is 10.0 Å². The Morgan fingerprint density at radius 2 is 1.60 bits per heavy atom. The number of anilines is 3. The molecule has 0 radical (unpaired) electrons. The van der Waals surface area contributed by atoms with Crippen LogP contribution in [0.15, 0.2) is 59.5 Å². The van der Waals surface area contributed by atoms with Gasteiger partial charge in [-0.25, -0.2) is 8.42 Å². The minimum atomic E-state index is -3.67. The van der Waals surface area contributed by atoms with E-state index in [0.717, 1.165) is 22.0 Å². The van der Waals surface area contributed by atoms with Crippen molar-refractivity contribution < 1.29 is 8.42 Å². The van der Waals surface area contributed by atoms with Gasteiger partial charge < -0.3 is 10.6 Å². The predicted octanol–water partition coefficient (Wildman–Crippen LogP) is 3.60. The van der Waals surface area contributed by atoms with E-state index in [1.807, 2.05) is 50.2 Å². The number of nitrogens with two attached hydrogens (primary N) is 1. The first-order valence-electron chi connectivity index (χ1n) is 7.86. The fourth-order valence-corrected chi connectivity index (χ4v) is 3.83. The smallest absolute Gasteiger partial charge is 0.261 e. The molecule has 0 saturated heterocycles. The highest BCUT2D eigenvalue weighted by atomic mass is 32.2. The van der Waals surface area contributed by atoms with Crippen LogP contribution in [0, 0.1) is 6.92 Å². The Morgan fingerprint density at radius 1 is 0.920 bits per heavy atom. The number of sulfonamides is 1. The van der Waals surface area contributed by atoms with Crippen molar-refractivity contribution in [1.29, 1.82) is 0 Å². The molecule has 0 amide bonds. The van der Waals surface area contributed by atoms with Crippen LogP contribution in [0.2, 0.25) is 0 Å². The van der Waals surface area contributed by atoms with Crippen LogP contribution in [0.25, 0.3) is 10.8 Å². The van der Waals surface area contributed by atoms with Gasteiger partial charge >= 0.3 is 0 Å². The Morgan fingerprint density at radius 3 is 2.28 bits per heavy atom. The molecule has 0 aliphatic rings. The lowest BCUT2D eigenvalue weighted by atomic mass is 10.1. The number of fused-ring (bicyclic) bond motifs is 1. The van der Waals surface area contributed by atoms with Crippen molar-refractivity contribution in [3.05, 3.63) is 60.2 Å². The van der Waals surface area contributed by atoms with Crippen LogP contribution in [0.1, 0.15) is 5.56 Å². The molecule has 0 aliphatic carbocycles. The van der Waals surface area contributed by atoms with E-state index in [4.69, 9.17) is 5.73 Å². The molecule has 0 aliphatic heterocycles. The first-order chi connectivity index (χ1) is 11.8. The van der Waals surface area contributed by atoms with Gasteiger partial charge in [0.1, 0.15) is 0 Å². The van der Waals surface area contributed by atoms with Gasteiger partial charge in [0.05, 0.1) is 10.6 Å². The zero-order valence-corrected chi connectivity index (χ0v) is 15.3. The summed E-state index contributed by atoms with van der Waals surface area (Å²) >= 11 is 0. The molecule has 0 fully saturated rings. The van der Waals surface area contributed by atoms with Crippen molar-refractivity contribution in [2.24, 2.45) is 0 Å². The molecule has 0 saturated carbocycles. The van der Waals surface area contributed by atoms with Crippen LogP contribution in [0.4, 0.5) is 17.1 Å². The van der Waals surface area contributed by atoms with Crippen LogP contribution in [0.3, 0.4) is 0 Å². The number of rotatable bonds is 4. The van der Waals surface area contributed by atoms with Crippen molar-refractivity contribution in [2.75, 3.05) is 29.5 Å². The molecule has 3 rings (SSSR count). The second-order valence-electron chi connectivity index (χ2n) is 6.27. The molecule has 3 N–H and O–H groups in total. The summed E-state index contributed by atoms with van der Waals surface area (Å²) in [5.74, 6) is 0. The fourth-order valence-electron chi connectivity index (χ4n) is 2.66. The quantitative estimate of drug-likeness (QED) is 0.701. The van der Waals surface area contributed by atoms with E-state index in [1.165, 1.54) is 0 Å². The van der Waals surface area contributed by atoms with E-state index in [2.05, 4.69) is 4.72 Å². The fraction of sp³-hybridized carbons (Fsp3) is 0.158. The van der Waals surface area contributed by atoms with Gasteiger partial charge in [0, 0.05) is 25.5 Å². The standard InChI is InChI=1S/C19H21N3O2S/c1-13-10-16(20)6-9-19(13)21-25(23,24)18-8-5-14-11-17(22(2)3)7-4-15(14)12-18/h4-12,21H,20H2,1-3H3. The van der Waals surface area contributed by atoms with Crippen LogP contribution >= 0.6 is 0 Å². The average molecular weight is 355 g/mol. The molecule has 25 heavy (non-hydrogen) atoms. The number of nitrogens with one attached hydrogen (secondary N) is 1. The number of hydrogen-bond acceptors (Lipinski definition) is 4. The Hall–Kier alpha value is -2.73. The number of aryl methyl sites for hydroxylation is 1. The predicted molar refractivity (Wildman–Crippen MR) is 105 cm³/mol. The van der Waals surface area contributed by atoms with Crippen molar-refractivity contribution in [2.45, 2.75) is 11.8 Å². The Kier molecular flexibility index (Phi) is 4.30. The zero-order valence-electron chi connectivity index (χ0n) is 14.4. The van der Waals surface area contributed by atoms with Gasteiger partial charge in [-0.2, -0.15) is 0 Å². The highest BCUT2D eigenvalue weighted by Crippen LogP contribution is 2.26. The Labute approximate surface area is 148 Å². The van der Waals surface area contributed by atoms with Crippen LogP contribution in [-0.2, 0) is 10.0 Å². The monoisotopic (exact) mass is 355 g/mol. The Bertz CT molecular complexity index is 1040. The third-order valence-electron chi connectivity index (χ3n) is 4.12. The van der Waals surface area contributed by atoms with Gasteiger partial charge in [0.2, 0.25) is 0 Å². The summed E-state index contributed by atoms with van der Waals surface area (Å²) in [6.45, 7) is 1.82. The maximum atomic E-state index is 12.7. The lowest BCUT2D eigenvalue weighted by molar-refractivity contribution is 0.601. The highest BCUT2D eigenvalue weighted by Gasteiger charge is 2.16. The zero-order chi connectivity index (χ0) is 18.2. The maximum Gasteiger partial charge on any atom is 0.261 e. The molecular weight excluding hydrogens is 334 g/mol. The van der Waals surface area contributed by atoms with E-state index in [0.29, 0.717) is 11.4 Å². The summed E-state index contributed by atoms with van der Waals surface area (Å²) in [5.41, 5.74) is 8.69. The number of nitrogen functional groups attached to an aromatic ring is 1. The van der Waals surface area contributed by atoms with E-state index in [1.54, 1.807) is 30.3 Å². The van der Waals surface area contributed by atoms with Crippen molar-refractivity contribution >= 4 is 37.9 Å². The summed E-state index contributed by atoms with van der Waals surface area (Å²) in [7, 11) is 0.274. The molecule has 0 atom stereocenters. The molecule has 0 unspecified atom stereocenters. The van der Waals surface area contributed by atoms with E-state index in [-0.39, 0.29) is 4.90 Å². The van der Waals surface area contributed by atoms with Gasteiger partial charge in [0.15, 0.2) is 0 Å². The average Bonchev–Trinajstić information content (AvgIpc) is 2.56. The van der Waals surface area contributed by atoms with Crippen molar-refractivity contribution in [3.8, 4) is 0 Å². The lowest BCUT2D eigenvalue weighted by Gasteiger charge is -2.14. The summed E-state index contributed by atoms with van der Waals surface area (Å²) < 4.78 is 28.0. The summed E-state index contributed by atoms with van der Waals surface area (Å²) in [6.07, 6.45) is 0. The first kappa shape index (κ1) is 17.1. The second kappa shape index (κ2) is 6.29. The molecule has 6 heteroatoms. The Balaban J connectivity index is 1.98. The molecule has 3 aromatic carbocycles. The third-order valence-corrected chi connectivity index (χ3v) is 5.48. The minimum absolute atomic E-state index is 0.230. The number of benzene rings is 3. The summed E-state index contributed by atoms with van der Waals surface area (Å²) in [5, 5.41) is 1.87. The van der Waals surface area contributed by atoms with Crippen LogP contribution < -0.4 is 15.4 Å². The van der Waals surface area contributed by atoms with E-state index < -0.39 is 10.0 Å². The highest BCUT2D eigenvalue weighted by molar-refractivity contribution is 7.92. The molecular formula is C19H21N3O2S. The number of hydrogen-bond donors (Lipinski definition) is 2. The molecule has 0 aromatic heterocycles. The lowest BCUT2D eigenvalue weighted by Crippen LogP contribution is -2.14. The van der Waals surface area contributed by atoms with Gasteiger partial charge in [-0.15, -0.1) is 0 Å². The molecule has 3 aromatic rings. The molecule has 5 nitrogen and oxygen atoms in total. The maximum absolute atomic E-state index is 12.7. The second-order valence-corrected chi connectivity index (χ2v) is 7.95. The third kappa shape index (κ3) is 3.53. The summed E-state index contributed by atoms with van der Waals surface area (Å²) in [4.78, 5) is 2.24. The van der Waals surface area contributed by atoms with E-state index in [9.17, 15) is 8.42 Å². The van der Waals surface area contributed by atoms with Crippen molar-refractivity contribution in [3.63, 3.8) is 0 Å². The van der Waals surface area contributed by atoms with Gasteiger partial charge in [-0.3, -0.25) is 4.72 Å². The SMILES string of the molecule is Cc1cc(N)ccc1NS(=O)(=O)c1ccc2cc(N(C)C)ccc2c1. The normalized spacial score (nSPS) is 11.5. The number of nitrogens with zero attached hydrogens (tertiary/aromatic N) is 1. The molecule has 0 bridgehead atoms. The van der Waals surface area contributed by atoms with Crippen LogP contribution in [0.5, 0.6) is 0 Å². The van der Waals surface area contributed by atoms with Gasteiger partial charge in [-0.05, 0) is 65.7 Å². The van der Waals surface area contributed by atoms with Crippen LogP contribution in [-0.4, -0.2) is 22.5 Å². The van der Waals surface area contributed by atoms with Crippen molar-refractivity contribution in [1.82, 2.24) is 0 Å².